The summed E-state index contributed by atoms with van der Waals surface area (Å²) in [5.74, 6) is 0. The SMILES string of the molecule is [2H]c1c([2H])c([2H])c2c(c1[2H])Sc1c([2H])c([2H])c(S(=O)(=O)N(C)C)c([2H])c1/C2=C\CCN1C([2H])([2H])C([2H])([2H])N(C([2H])([2H])[2H])C([2H])([2H])C1([2H])[2H]. The van der Waals surface area contributed by atoms with E-state index in [1.165, 1.54) is 0 Å². The molecule has 0 N–H and O–H groups in total. The lowest BCUT2D eigenvalue weighted by Crippen LogP contribution is -2.44. The van der Waals surface area contributed by atoms with Gasteiger partial charge in [0.25, 0.3) is 0 Å². The first-order valence-electron chi connectivity index (χ1n) is 17.7. The largest absolute Gasteiger partial charge is 0.304 e. The van der Waals surface area contributed by atoms with Crippen molar-refractivity contribution in [2.24, 2.45) is 0 Å². The molecule has 0 saturated carbocycles. The third kappa shape index (κ3) is 4.36. The fourth-order valence-electron chi connectivity index (χ4n) is 2.68. The van der Waals surface area contributed by atoms with Gasteiger partial charge < -0.3 is 9.80 Å². The number of hydrogen-bond acceptors (Lipinski definition) is 5. The minimum Gasteiger partial charge on any atom is -0.304 e. The molecule has 2 aromatic rings. The minimum atomic E-state index is -4.53. The van der Waals surface area contributed by atoms with Gasteiger partial charge in [0.15, 0.2) is 0 Å². The third-order valence-electron chi connectivity index (χ3n) is 4.18. The number of fused-ring (bicyclic) bond motifs is 2. The Morgan fingerprint density at radius 3 is 2.60 bits per heavy atom. The second-order valence-corrected chi connectivity index (χ2v) is 9.45. The maximum Gasteiger partial charge on any atom is 0.242 e. The minimum absolute atomic E-state index is 0.139. The van der Waals surface area contributed by atoms with Crippen molar-refractivity contribution >= 4 is 27.4 Å². The zero-order valence-electron chi connectivity index (χ0n) is 34.0. The van der Waals surface area contributed by atoms with Crippen molar-refractivity contribution in [3.63, 3.8) is 0 Å². The summed E-state index contributed by atoms with van der Waals surface area (Å²) in [7, 11) is -2.25. The molecule has 2 aromatic carbocycles. The van der Waals surface area contributed by atoms with E-state index in [2.05, 4.69) is 0 Å². The number of likely N-dealkylation sites (N-methyl/N-ethyl adjacent to an activating group) is 1. The standard InChI is InChI=1S/C23H29N3O2S2/c1-24(2)30(27,28)18-10-11-23-21(17-18)19(20-7-4-5-9-22(20)29-23)8-6-12-26-15-13-25(3)14-16-26/h4-5,7-11,17H,6,12-16H2,1-3H3/b19-8-/i3D3,4D,5D,7D,9D,10D,11D,13D2,14D2,15D2,16D2,17D. The van der Waals surface area contributed by atoms with Crippen molar-refractivity contribution in [1.82, 2.24) is 14.1 Å². The molecule has 0 aliphatic carbocycles. The van der Waals surface area contributed by atoms with Crippen LogP contribution in [-0.4, -0.2) is 76.1 Å². The molecular formula is C23H29N3O2S2. The van der Waals surface area contributed by atoms with Gasteiger partial charge in [-0.3, -0.25) is 0 Å². The molecule has 0 spiro atoms. The summed E-state index contributed by atoms with van der Waals surface area (Å²) in [6, 6.07) is -4.85. The van der Waals surface area contributed by atoms with Gasteiger partial charge in [-0.1, -0.05) is 36.0 Å². The van der Waals surface area contributed by atoms with Crippen molar-refractivity contribution in [3.8, 4) is 0 Å². The Hall–Kier alpha value is -1.64. The molecule has 0 amide bonds. The maximum absolute atomic E-state index is 13.2. The predicted octanol–water partition coefficient (Wildman–Crippen LogP) is 3.47. The molecule has 30 heavy (non-hydrogen) atoms. The molecule has 4 rings (SSSR count). The molecular weight excluding hydrogens is 414 g/mol. The highest BCUT2D eigenvalue weighted by molar-refractivity contribution is 7.99. The van der Waals surface area contributed by atoms with E-state index in [0.29, 0.717) is 16.1 Å². The summed E-state index contributed by atoms with van der Waals surface area (Å²) in [5, 5.41) is 0. The van der Waals surface area contributed by atoms with Crippen LogP contribution < -0.4 is 0 Å². The molecule has 2 aliphatic heterocycles. The Labute approximate surface area is 209 Å². The molecule has 2 heterocycles. The number of sulfonamides is 1. The molecule has 160 valence electrons. The van der Waals surface area contributed by atoms with E-state index in [1.54, 1.807) is 0 Å². The van der Waals surface area contributed by atoms with Crippen molar-refractivity contribution in [3.05, 3.63) is 59.5 Å². The van der Waals surface area contributed by atoms with Crippen LogP contribution >= 0.6 is 11.8 Å². The molecule has 0 radical (unpaired) electrons. The topological polar surface area (TPSA) is 43.9 Å². The molecule has 7 heteroatoms. The summed E-state index contributed by atoms with van der Waals surface area (Å²) in [6.07, 6.45) is 0.588. The van der Waals surface area contributed by atoms with Crippen molar-refractivity contribution in [2.75, 3.05) is 53.6 Å². The fraction of sp³-hybridized carbons (Fsp3) is 0.391. The molecule has 1 saturated heterocycles. The van der Waals surface area contributed by atoms with E-state index >= 15 is 0 Å². The average Bonchev–Trinajstić information content (AvgIpc) is 2.92. The lowest BCUT2D eigenvalue weighted by Gasteiger charge is -2.32. The fourth-order valence-corrected chi connectivity index (χ4v) is 4.39. The van der Waals surface area contributed by atoms with E-state index in [0.717, 1.165) is 20.2 Å². The molecule has 0 aromatic heterocycles. The lowest BCUT2D eigenvalue weighted by molar-refractivity contribution is 0.156. The number of nitrogens with zero attached hydrogens (tertiary/aromatic N) is 3. The highest BCUT2D eigenvalue weighted by Gasteiger charge is 2.25. The highest BCUT2D eigenvalue weighted by Crippen LogP contribution is 2.46. The normalized spacial score (nSPS) is 35.0. The van der Waals surface area contributed by atoms with Crippen LogP contribution in [0.2, 0.25) is 0 Å². The number of piperazine rings is 1. The maximum atomic E-state index is 13.2. The summed E-state index contributed by atoms with van der Waals surface area (Å²) in [6.45, 7) is -18.7. The van der Waals surface area contributed by atoms with Gasteiger partial charge in [-0.15, -0.1) is 0 Å². The first-order valence-corrected chi connectivity index (χ1v) is 10.9. The quantitative estimate of drug-likeness (QED) is 0.582. The Morgan fingerprint density at radius 2 is 1.87 bits per heavy atom. The molecule has 5 nitrogen and oxygen atoms in total. The van der Waals surface area contributed by atoms with Crippen LogP contribution in [0.15, 0.2) is 63.1 Å². The van der Waals surface area contributed by atoms with Gasteiger partial charge in [-0.05, 0) is 54.3 Å². The van der Waals surface area contributed by atoms with Crippen LogP contribution in [0.25, 0.3) is 5.57 Å². The van der Waals surface area contributed by atoms with Crippen molar-refractivity contribution < 1.29 is 33.1 Å². The first kappa shape index (κ1) is 8.71. The number of benzene rings is 2. The van der Waals surface area contributed by atoms with Gasteiger partial charge in [-0.2, -0.15) is 0 Å². The molecule has 2 aliphatic rings. The van der Waals surface area contributed by atoms with Crippen LogP contribution in [0.3, 0.4) is 0 Å². The van der Waals surface area contributed by atoms with E-state index in [9.17, 15) is 8.42 Å². The predicted molar refractivity (Wildman–Crippen MR) is 124 cm³/mol. The van der Waals surface area contributed by atoms with Gasteiger partial charge >= 0.3 is 0 Å². The summed E-state index contributed by atoms with van der Waals surface area (Å²) >= 11 is 0.620. The van der Waals surface area contributed by atoms with Gasteiger partial charge in [0.05, 0.1) is 14.5 Å². The van der Waals surface area contributed by atoms with Crippen LogP contribution in [0, 0.1) is 0 Å². The summed E-state index contributed by atoms with van der Waals surface area (Å²) < 4.78 is 177. The Bertz CT molecular complexity index is 1810. The third-order valence-corrected chi connectivity index (χ3v) is 6.89. The van der Waals surface area contributed by atoms with E-state index in [1.807, 2.05) is 0 Å². The second-order valence-electron chi connectivity index (χ2n) is 6.34. The van der Waals surface area contributed by atoms with Crippen LogP contribution in [-0.2, 0) is 10.0 Å². The Kier molecular flexibility index (Phi) is 2.57. The monoisotopic (exact) mass is 461 g/mol. The Morgan fingerprint density at radius 1 is 1.13 bits per heavy atom. The average molecular weight is 462 g/mol. The lowest BCUT2D eigenvalue weighted by atomic mass is 9.96. The van der Waals surface area contributed by atoms with E-state index < -0.39 is 108 Å². The second kappa shape index (κ2) is 8.85. The van der Waals surface area contributed by atoms with E-state index in [-0.39, 0.29) is 31.4 Å². The highest BCUT2D eigenvalue weighted by atomic mass is 32.2. The van der Waals surface area contributed by atoms with Gasteiger partial charge in [0.2, 0.25) is 10.0 Å². The Balaban J connectivity index is 2.00. The molecule has 0 atom stereocenters. The van der Waals surface area contributed by atoms with Gasteiger partial charge in [-0.25, -0.2) is 12.7 Å². The van der Waals surface area contributed by atoms with Crippen LogP contribution in [0.1, 0.15) is 42.2 Å². The number of rotatable bonds is 5. The smallest absolute Gasteiger partial charge is 0.242 e. The molecule has 0 unspecified atom stereocenters. The number of hydrogen-bond donors (Lipinski definition) is 0. The zero-order chi connectivity index (χ0) is 37.1. The van der Waals surface area contributed by atoms with Crippen molar-refractivity contribution in [1.29, 1.82) is 0 Å². The van der Waals surface area contributed by atoms with Crippen LogP contribution in [0.4, 0.5) is 0 Å². The zero-order valence-corrected chi connectivity index (χ0v) is 17.6. The summed E-state index contributed by atoms with van der Waals surface area (Å²) in [5.41, 5.74) is -0.795. The van der Waals surface area contributed by atoms with Gasteiger partial charge in [0.1, 0.15) is 0 Å². The van der Waals surface area contributed by atoms with Crippen LogP contribution in [0.5, 0.6) is 0 Å². The molecule has 0 bridgehead atoms. The van der Waals surface area contributed by atoms with Crippen molar-refractivity contribution in [2.45, 2.75) is 21.1 Å². The molecule has 1 fully saturated rings. The van der Waals surface area contributed by atoms with E-state index in [4.69, 9.17) is 24.7 Å². The first-order chi connectivity index (χ1) is 21.5. The van der Waals surface area contributed by atoms with Gasteiger partial charge in [0, 0.05) is 71.5 Å². The summed E-state index contributed by atoms with van der Waals surface area (Å²) in [4.78, 5) is -1.53.